The number of hydrogen-bond acceptors (Lipinski definition) is 6. The molecule has 0 radical (unpaired) electrons. The highest BCUT2D eigenvalue weighted by molar-refractivity contribution is 7.98. The van der Waals surface area contributed by atoms with Gasteiger partial charge in [-0.15, -0.1) is 0 Å². The Labute approximate surface area is 219 Å². The van der Waals surface area contributed by atoms with Gasteiger partial charge in [-0.2, -0.15) is 0 Å². The number of benzene rings is 1. The summed E-state index contributed by atoms with van der Waals surface area (Å²) in [4.78, 5) is 59.4. The molecule has 10 nitrogen and oxygen atoms in total. The summed E-state index contributed by atoms with van der Waals surface area (Å²) < 4.78 is 4.20. The number of thioether (sulfide) groups is 1. The highest BCUT2D eigenvalue weighted by Crippen LogP contribution is 2.25. The van der Waals surface area contributed by atoms with E-state index in [9.17, 15) is 19.2 Å². The summed E-state index contributed by atoms with van der Waals surface area (Å²) in [7, 11) is 1.57. The minimum absolute atomic E-state index is 0.178. The van der Waals surface area contributed by atoms with E-state index in [1.54, 1.807) is 16.8 Å². The van der Waals surface area contributed by atoms with Crippen LogP contribution in [0.1, 0.15) is 24.5 Å². The highest BCUT2D eigenvalue weighted by atomic mass is 32.2. The zero-order valence-electron chi connectivity index (χ0n) is 21.5. The van der Waals surface area contributed by atoms with Crippen LogP contribution in [-0.4, -0.2) is 66.5 Å². The van der Waals surface area contributed by atoms with Crippen LogP contribution < -0.4 is 11.2 Å². The number of hydrogen-bond donors (Lipinski definition) is 0. The van der Waals surface area contributed by atoms with E-state index in [4.69, 9.17) is 0 Å². The smallest absolute Gasteiger partial charge is 0.332 e. The quantitative estimate of drug-likeness (QED) is 0.329. The molecule has 1 saturated heterocycles. The van der Waals surface area contributed by atoms with Gasteiger partial charge >= 0.3 is 5.69 Å². The fourth-order valence-electron chi connectivity index (χ4n) is 4.52. The lowest BCUT2D eigenvalue weighted by Crippen LogP contribution is -2.52. The summed E-state index contributed by atoms with van der Waals surface area (Å²) in [5.74, 6) is 0.165. The number of carbonyl (C=O) groups is 2. The molecule has 11 heteroatoms. The summed E-state index contributed by atoms with van der Waals surface area (Å²) in [5, 5.41) is 0.664. The first kappa shape index (κ1) is 26.5. The van der Waals surface area contributed by atoms with Crippen LogP contribution in [0.15, 0.2) is 51.7 Å². The number of imidazole rings is 1. The molecule has 4 rings (SSSR count). The Bertz CT molecular complexity index is 1460. The second-order valence-corrected chi connectivity index (χ2v) is 10.1. The molecule has 0 saturated carbocycles. The van der Waals surface area contributed by atoms with E-state index in [0.717, 1.165) is 16.6 Å². The molecule has 0 aliphatic carbocycles. The van der Waals surface area contributed by atoms with Crippen LogP contribution in [0.25, 0.3) is 11.2 Å². The predicted octanol–water partition coefficient (Wildman–Crippen LogP) is 1.76. The van der Waals surface area contributed by atoms with Crippen molar-refractivity contribution in [2.45, 2.75) is 44.3 Å². The van der Waals surface area contributed by atoms with Gasteiger partial charge in [0.15, 0.2) is 16.3 Å². The first-order valence-electron chi connectivity index (χ1n) is 12.3. The third-order valence-electron chi connectivity index (χ3n) is 6.51. The molecule has 0 unspecified atom stereocenters. The van der Waals surface area contributed by atoms with Gasteiger partial charge in [0.25, 0.3) is 5.56 Å². The zero-order chi connectivity index (χ0) is 26.7. The fourth-order valence-corrected chi connectivity index (χ4v) is 5.49. The zero-order valence-corrected chi connectivity index (χ0v) is 22.3. The molecule has 37 heavy (non-hydrogen) atoms. The summed E-state index contributed by atoms with van der Waals surface area (Å²) >= 11 is 1.52. The van der Waals surface area contributed by atoms with Crippen LogP contribution in [0.3, 0.4) is 0 Å². The molecule has 0 atom stereocenters. The number of fused-ring (bicyclic) bond motifs is 1. The summed E-state index contributed by atoms with van der Waals surface area (Å²) in [6, 6.07) is 8.22. The van der Waals surface area contributed by atoms with Gasteiger partial charge in [0.1, 0.15) is 6.54 Å². The largest absolute Gasteiger partial charge is 0.338 e. The fraction of sp³-hybridized carbons (Fsp3) is 0.423. The van der Waals surface area contributed by atoms with E-state index < -0.39 is 11.2 Å². The molecule has 1 aliphatic heterocycles. The van der Waals surface area contributed by atoms with Crippen molar-refractivity contribution in [1.82, 2.24) is 28.5 Å². The lowest BCUT2D eigenvalue weighted by molar-refractivity contribution is -0.137. The third kappa shape index (κ3) is 5.41. The van der Waals surface area contributed by atoms with Gasteiger partial charge in [-0.25, -0.2) is 14.3 Å². The Morgan fingerprint density at radius 3 is 2.46 bits per heavy atom. The van der Waals surface area contributed by atoms with Crippen molar-refractivity contribution in [3.05, 3.63) is 68.9 Å². The van der Waals surface area contributed by atoms with E-state index >= 15 is 0 Å². The molecule has 3 heterocycles. The Kier molecular flexibility index (Phi) is 8.01. The number of amides is 2. The van der Waals surface area contributed by atoms with Crippen molar-refractivity contribution >= 4 is 34.7 Å². The van der Waals surface area contributed by atoms with E-state index in [-0.39, 0.29) is 18.4 Å². The number of nitrogens with zero attached hydrogens (tertiary/aromatic N) is 6. The standard InChI is InChI=1S/C26H32N6O4S/c1-5-10-31-22-23(27-25(31)37-17-19-9-7-8-18(3)15-19)28(4)26(36)32(24(22)35)16-21(34)30-13-11-29(12-14-30)20(33)6-2/h6-9,15H,2,5,10-14,16-17H2,1,3-4H3. The molecule has 1 aromatic carbocycles. The first-order chi connectivity index (χ1) is 17.7. The molecule has 1 aliphatic rings. The molecule has 1 fully saturated rings. The molecule has 0 bridgehead atoms. The Balaban J connectivity index is 1.63. The number of carbonyl (C=O) groups excluding carboxylic acids is 2. The Hall–Kier alpha value is -3.60. The van der Waals surface area contributed by atoms with Crippen LogP contribution in [0.4, 0.5) is 0 Å². The molecule has 196 valence electrons. The van der Waals surface area contributed by atoms with Gasteiger partial charge < -0.3 is 14.4 Å². The van der Waals surface area contributed by atoms with Crippen LogP contribution in [0, 0.1) is 6.92 Å². The van der Waals surface area contributed by atoms with Crippen molar-refractivity contribution < 1.29 is 9.59 Å². The number of rotatable bonds is 8. The minimum Gasteiger partial charge on any atom is -0.338 e. The van der Waals surface area contributed by atoms with Gasteiger partial charge in [-0.3, -0.25) is 19.0 Å². The summed E-state index contributed by atoms with van der Waals surface area (Å²) in [5.41, 5.74) is 1.86. The third-order valence-corrected chi connectivity index (χ3v) is 7.55. The van der Waals surface area contributed by atoms with Crippen molar-refractivity contribution in [3.63, 3.8) is 0 Å². The van der Waals surface area contributed by atoms with Crippen LogP contribution >= 0.6 is 11.8 Å². The van der Waals surface area contributed by atoms with E-state index in [1.165, 1.54) is 28.0 Å². The van der Waals surface area contributed by atoms with E-state index in [1.807, 2.05) is 36.6 Å². The Morgan fingerprint density at radius 2 is 1.81 bits per heavy atom. The molecular formula is C26H32N6O4S. The molecule has 3 aromatic rings. The van der Waals surface area contributed by atoms with Gasteiger partial charge in [-0.1, -0.05) is 55.1 Å². The molecule has 2 aromatic heterocycles. The first-order valence-corrected chi connectivity index (χ1v) is 13.3. The SMILES string of the molecule is C=CC(=O)N1CCN(C(=O)Cn2c(=O)c3c(nc(SCc4cccc(C)c4)n3CCC)n(C)c2=O)CC1. The average Bonchev–Trinajstić information content (AvgIpc) is 3.27. The van der Waals surface area contributed by atoms with Crippen molar-refractivity contribution in [1.29, 1.82) is 0 Å². The van der Waals surface area contributed by atoms with Crippen molar-refractivity contribution in [2.75, 3.05) is 26.2 Å². The van der Waals surface area contributed by atoms with E-state index in [2.05, 4.69) is 17.6 Å². The lowest BCUT2D eigenvalue weighted by Gasteiger charge is -2.34. The normalized spacial score (nSPS) is 13.8. The maximum Gasteiger partial charge on any atom is 0.332 e. The van der Waals surface area contributed by atoms with Gasteiger partial charge in [0, 0.05) is 45.5 Å². The molecular weight excluding hydrogens is 492 g/mol. The maximum absolute atomic E-state index is 13.6. The maximum atomic E-state index is 13.6. The second kappa shape index (κ2) is 11.2. The summed E-state index contributed by atoms with van der Waals surface area (Å²) in [6.45, 7) is 9.19. The summed E-state index contributed by atoms with van der Waals surface area (Å²) in [6.07, 6.45) is 2.03. The molecule has 0 spiro atoms. The molecule has 0 N–H and O–H groups in total. The van der Waals surface area contributed by atoms with Crippen LogP contribution in [0.2, 0.25) is 0 Å². The average molecular weight is 525 g/mol. The number of aryl methyl sites for hydroxylation is 3. The number of aromatic nitrogens is 4. The predicted molar refractivity (Wildman–Crippen MR) is 144 cm³/mol. The highest BCUT2D eigenvalue weighted by Gasteiger charge is 2.26. The lowest BCUT2D eigenvalue weighted by atomic mass is 10.2. The van der Waals surface area contributed by atoms with Crippen LogP contribution in [-0.2, 0) is 35.5 Å². The van der Waals surface area contributed by atoms with Gasteiger partial charge in [0.2, 0.25) is 11.8 Å². The minimum atomic E-state index is -0.581. The number of piperazine rings is 1. The Morgan fingerprint density at radius 1 is 1.11 bits per heavy atom. The van der Waals surface area contributed by atoms with Gasteiger partial charge in [-0.05, 0) is 25.0 Å². The van der Waals surface area contributed by atoms with Crippen molar-refractivity contribution in [2.24, 2.45) is 7.05 Å². The van der Waals surface area contributed by atoms with Crippen LogP contribution in [0.5, 0.6) is 0 Å². The van der Waals surface area contributed by atoms with Gasteiger partial charge in [0.05, 0.1) is 0 Å². The topological polar surface area (TPSA) is 102 Å². The van der Waals surface area contributed by atoms with E-state index in [0.29, 0.717) is 54.8 Å². The molecule has 2 amide bonds. The second-order valence-electron chi connectivity index (χ2n) is 9.14. The van der Waals surface area contributed by atoms with Crippen molar-refractivity contribution in [3.8, 4) is 0 Å². The monoisotopic (exact) mass is 524 g/mol.